The number of nitrogens with zero attached hydrogens (tertiary/aromatic N) is 2. The third kappa shape index (κ3) is 2.86. The number of pyridine rings is 2. The minimum atomic E-state index is 0.327. The Bertz CT molecular complexity index is 871. The highest BCUT2D eigenvalue weighted by atomic mass is 35.5. The molecule has 0 bridgehead atoms. The van der Waals surface area contributed by atoms with E-state index >= 15 is 0 Å². The SMILES string of the molecule is COOc1ccc2c(OC)cc(-c3cccc(N)n3)nc2c1Cl. The quantitative estimate of drug-likeness (QED) is 0.582. The number of hydrogen-bond acceptors (Lipinski definition) is 6. The third-order valence-electron chi connectivity index (χ3n) is 3.27. The van der Waals surface area contributed by atoms with E-state index < -0.39 is 0 Å². The minimum Gasteiger partial charge on any atom is -0.496 e. The smallest absolute Gasteiger partial charge is 0.186 e. The molecule has 23 heavy (non-hydrogen) atoms. The summed E-state index contributed by atoms with van der Waals surface area (Å²) in [6.45, 7) is 0. The summed E-state index contributed by atoms with van der Waals surface area (Å²) < 4.78 is 5.44. The highest BCUT2D eigenvalue weighted by Gasteiger charge is 2.15. The van der Waals surface area contributed by atoms with Crippen molar-refractivity contribution in [2.24, 2.45) is 0 Å². The van der Waals surface area contributed by atoms with Crippen molar-refractivity contribution in [2.45, 2.75) is 0 Å². The summed E-state index contributed by atoms with van der Waals surface area (Å²) in [6.07, 6.45) is 0. The van der Waals surface area contributed by atoms with Crippen molar-refractivity contribution in [3.05, 3.63) is 41.4 Å². The molecule has 0 aliphatic carbocycles. The van der Waals surface area contributed by atoms with Crippen LogP contribution >= 0.6 is 11.6 Å². The normalized spacial score (nSPS) is 10.7. The Morgan fingerprint density at radius 2 is 1.83 bits per heavy atom. The zero-order chi connectivity index (χ0) is 16.4. The second-order valence-corrected chi connectivity index (χ2v) is 5.06. The fraction of sp³-hybridized carbons (Fsp3) is 0.125. The Hall–Kier alpha value is -2.57. The molecule has 3 rings (SSSR count). The maximum absolute atomic E-state index is 6.37. The Kier molecular flexibility index (Phi) is 4.18. The lowest BCUT2D eigenvalue weighted by atomic mass is 10.1. The predicted octanol–water partition coefficient (Wildman–Crippen LogP) is 3.48. The van der Waals surface area contributed by atoms with Gasteiger partial charge in [0.1, 0.15) is 16.6 Å². The van der Waals surface area contributed by atoms with Crippen LogP contribution in [0.2, 0.25) is 5.02 Å². The van der Waals surface area contributed by atoms with Crippen molar-refractivity contribution in [2.75, 3.05) is 20.0 Å². The summed E-state index contributed by atoms with van der Waals surface area (Å²) in [7, 11) is 2.99. The molecule has 0 radical (unpaired) electrons. The van der Waals surface area contributed by atoms with Gasteiger partial charge < -0.3 is 15.4 Å². The molecule has 0 unspecified atom stereocenters. The standard InChI is InChI=1S/C16H14ClN3O3/c1-21-13-8-11(10-4-3-5-14(18)19-10)20-16-9(13)6-7-12(15(16)17)23-22-2/h3-8H,1-2H3,(H2,18,19). The molecule has 6 nitrogen and oxygen atoms in total. The van der Waals surface area contributed by atoms with Gasteiger partial charge in [-0.25, -0.2) is 9.97 Å². The van der Waals surface area contributed by atoms with E-state index in [1.807, 2.05) is 12.1 Å². The molecular weight excluding hydrogens is 318 g/mol. The maximum Gasteiger partial charge on any atom is 0.186 e. The van der Waals surface area contributed by atoms with Gasteiger partial charge in [-0.05, 0) is 24.3 Å². The number of aromatic nitrogens is 2. The van der Waals surface area contributed by atoms with Gasteiger partial charge in [0.25, 0.3) is 0 Å². The van der Waals surface area contributed by atoms with E-state index in [1.165, 1.54) is 7.11 Å². The largest absolute Gasteiger partial charge is 0.496 e. The minimum absolute atomic E-state index is 0.327. The van der Waals surface area contributed by atoms with Crippen LogP contribution in [0.3, 0.4) is 0 Å². The molecule has 0 fully saturated rings. The molecule has 0 atom stereocenters. The lowest BCUT2D eigenvalue weighted by Crippen LogP contribution is -1.97. The van der Waals surface area contributed by atoms with Crippen LogP contribution in [0.1, 0.15) is 0 Å². The Morgan fingerprint density at radius 3 is 2.52 bits per heavy atom. The number of nitrogens with two attached hydrogens (primary N) is 1. The van der Waals surface area contributed by atoms with Crippen molar-refractivity contribution >= 4 is 28.3 Å². The van der Waals surface area contributed by atoms with E-state index in [-0.39, 0.29) is 0 Å². The molecule has 0 spiro atoms. The van der Waals surface area contributed by atoms with E-state index in [1.54, 1.807) is 31.4 Å². The number of benzene rings is 1. The number of rotatable bonds is 4. The molecule has 118 valence electrons. The first kappa shape index (κ1) is 15.3. The van der Waals surface area contributed by atoms with Crippen LogP contribution in [0.15, 0.2) is 36.4 Å². The number of anilines is 1. The van der Waals surface area contributed by atoms with Gasteiger partial charge in [-0.3, -0.25) is 0 Å². The van der Waals surface area contributed by atoms with E-state index in [2.05, 4.69) is 14.9 Å². The molecule has 1 aromatic carbocycles. The molecule has 0 aliphatic rings. The first-order valence-electron chi connectivity index (χ1n) is 6.75. The third-order valence-corrected chi connectivity index (χ3v) is 3.64. The fourth-order valence-electron chi connectivity index (χ4n) is 2.26. The van der Waals surface area contributed by atoms with E-state index in [0.717, 1.165) is 5.39 Å². The Morgan fingerprint density at radius 1 is 1.00 bits per heavy atom. The summed E-state index contributed by atoms with van der Waals surface area (Å²) in [5, 5.41) is 1.09. The molecular formula is C16H14ClN3O3. The number of ether oxygens (including phenoxy) is 1. The molecule has 2 aromatic heterocycles. The Labute approximate surface area is 137 Å². The van der Waals surface area contributed by atoms with Gasteiger partial charge in [-0.2, -0.15) is 4.89 Å². The number of hydrogen-bond donors (Lipinski definition) is 1. The van der Waals surface area contributed by atoms with Crippen LogP contribution in [0.4, 0.5) is 5.82 Å². The van der Waals surface area contributed by atoms with Gasteiger partial charge in [-0.1, -0.05) is 17.7 Å². The second-order valence-electron chi connectivity index (χ2n) is 4.68. The molecule has 0 aliphatic heterocycles. The van der Waals surface area contributed by atoms with Crippen molar-refractivity contribution in [3.8, 4) is 22.9 Å². The van der Waals surface area contributed by atoms with Crippen molar-refractivity contribution in [3.63, 3.8) is 0 Å². The van der Waals surface area contributed by atoms with Crippen LogP contribution in [0.5, 0.6) is 11.5 Å². The van der Waals surface area contributed by atoms with Crippen LogP contribution < -0.4 is 15.4 Å². The highest BCUT2D eigenvalue weighted by Crippen LogP contribution is 2.37. The predicted molar refractivity (Wildman–Crippen MR) is 88.6 cm³/mol. The number of nitrogen functional groups attached to an aromatic ring is 1. The average Bonchev–Trinajstić information content (AvgIpc) is 2.56. The summed E-state index contributed by atoms with van der Waals surface area (Å²) in [5.74, 6) is 1.40. The van der Waals surface area contributed by atoms with Crippen LogP contribution in [-0.2, 0) is 4.89 Å². The van der Waals surface area contributed by atoms with Crippen molar-refractivity contribution in [1.29, 1.82) is 0 Å². The number of methoxy groups -OCH3 is 1. The monoisotopic (exact) mass is 331 g/mol. The van der Waals surface area contributed by atoms with E-state index in [9.17, 15) is 0 Å². The molecule has 0 saturated carbocycles. The zero-order valence-electron chi connectivity index (χ0n) is 12.5. The summed E-state index contributed by atoms with van der Waals surface area (Å²) in [6, 6.07) is 10.6. The molecule has 2 N–H and O–H groups in total. The lowest BCUT2D eigenvalue weighted by Gasteiger charge is -2.11. The first-order chi connectivity index (χ1) is 11.1. The number of halogens is 1. The molecule has 0 saturated heterocycles. The molecule has 2 heterocycles. The first-order valence-corrected chi connectivity index (χ1v) is 7.12. The van der Waals surface area contributed by atoms with Gasteiger partial charge in [0.15, 0.2) is 5.75 Å². The van der Waals surface area contributed by atoms with E-state index in [4.69, 9.17) is 27.0 Å². The van der Waals surface area contributed by atoms with Crippen LogP contribution in [-0.4, -0.2) is 24.2 Å². The lowest BCUT2D eigenvalue weighted by molar-refractivity contribution is -0.177. The second kappa shape index (κ2) is 6.28. The van der Waals surface area contributed by atoms with Gasteiger partial charge >= 0.3 is 0 Å². The van der Waals surface area contributed by atoms with Gasteiger partial charge in [0.2, 0.25) is 0 Å². The fourth-order valence-corrected chi connectivity index (χ4v) is 2.50. The summed E-state index contributed by atoms with van der Waals surface area (Å²) in [4.78, 5) is 18.6. The summed E-state index contributed by atoms with van der Waals surface area (Å²) in [5.41, 5.74) is 7.49. The topological polar surface area (TPSA) is 79.5 Å². The zero-order valence-corrected chi connectivity index (χ0v) is 13.3. The van der Waals surface area contributed by atoms with Gasteiger partial charge in [0.05, 0.1) is 31.1 Å². The summed E-state index contributed by atoms with van der Waals surface area (Å²) >= 11 is 6.37. The average molecular weight is 332 g/mol. The molecule has 0 amide bonds. The van der Waals surface area contributed by atoms with Gasteiger partial charge in [-0.15, -0.1) is 0 Å². The number of fused-ring (bicyclic) bond motifs is 1. The van der Waals surface area contributed by atoms with Gasteiger partial charge in [0, 0.05) is 11.5 Å². The van der Waals surface area contributed by atoms with E-state index in [0.29, 0.717) is 39.2 Å². The van der Waals surface area contributed by atoms with Crippen molar-refractivity contribution < 1.29 is 14.5 Å². The Balaban J connectivity index is 2.26. The van der Waals surface area contributed by atoms with Crippen LogP contribution in [0.25, 0.3) is 22.3 Å². The molecule has 7 heteroatoms. The molecule has 3 aromatic rings. The maximum atomic E-state index is 6.37. The van der Waals surface area contributed by atoms with Crippen LogP contribution in [0, 0.1) is 0 Å². The van der Waals surface area contributed by atoms with Crippen molar-refractivity contribution in [1.82, 2.24) is 9.97 Å². The highest BCUT2D eigenvalue weighted by molar-refractivity contribution is 6.36.